The van der Waals surface area contributed by atoms with Crippen molar-refractivity contribution in [2.24, 2.45) is 5.73 Å². The molecule has 1 unspecified atom stereocenters. The summed E-state index contributed by atoms with van der Waals surface area (Å²) in [6, 6.07) is 2.28. The van der Waals surface area contributed by atoms with Crippen LogP contribution in [0, 0.1) is 13.8 Å². The highest BCUT2D eigenvalue weighted by atomic mass is 16.1. The molecule has 0 aliphatic heterocycles. The van der Waals surface area contributed by atoms with Crippen LogP contribution in [0.1, 0.15) is 45.0 Å². The molecule has 0 aliphatic rings. The van der Waals surface area contributed by atoms with Gasteiger partial charge in [0.15, 0.2) is 0 Å². The summed E-state index contributed by atoms with van der Waals surface area (Å²) in [4.78, 5) is 11.6. The molecule has 1 heterocycles. The second kappa shape index (κ2) is 6.19. The van der Waals surface area contributed by atoms with E-state index in [9.17, 15) is 4.79 Å². The minimum atomic E-state index is -0.649. The van der Waals surface area contributed by atoms with Crippen molar-refractivity contribution >= 4 is 5.91 Å². The number of nitrogens with zero attached hydrogens (tertiary/aromatic N) is 2. The summed E-state index contributed by atoms with van der Waals surface area (Å²) in [6.45, 7) is 10.7. The molecule has 3 N–H and O–H groups in total. The largest absolute Gasteiger partial charge is 0.368 e. The van der Waals surface area contributed by atoms with Crippen LogP contribution in [0.25, 0.3) is 0 Å². The second-order valence-corrected chi connectivity index (χ2v) is 5.75. The molecular weight excluding hydrogens is 240 g/mol. The first-order valence-electron chi connectivity index (χ1n) is 6.83. The molecule has 1 aromatic heterocycles. The fourth-order valence-electron chi connectivity index (χ4n) is 2.39. The van der Waals surface area contributed by atoms with Crippen LogP contribution in [0.4, 0.5) is 0 Å². The summed E-state index contributed by atoms with van der Waals surface area (Å²) < 4.78 is 1.98. The predicted octanol–water partition coefficient (Wildman–Crippen LogP) is 1.52. The van der Waals surface area contributed by atoms with Gasteiger partial charge < -0.3 is 11.1 Å². The molecule has 0 saturated heterocycles. The molecule has 1 rings (SSSR count). The zero-order valence-corrected chi connectivity index (χ0v) is 12.7. The van der Waals surface area contributed by atoms with E-state index in [0.29, 0.717) is 6.42 Å². The maximum Gasteiger partial charge on any atom is 0.237 e. The SMILES string of the molecule is Cc1cc(C)n(CCCC(C)(NC(C)C)C(N)=O)n1. The van der Waals surface area contributed by atoms with Crippen molar-refractivity contribution in [3.05, 3.63) is 17.5 Å². The third-order valence-electron chi connectivity index (χ3n) is 3.30. The maximum atomic E-state index is 11.6. The van der Waals surface area contributed by atoms with Crippen molar-refractivity contribution in [2.75, 3.05) is 0 Å². The Labute approximate surface area is 115 Å². The lowest BCUT2D eigenvalue weighted by atomic mass is 9.94. The highest BCUT2D eigenvalue weighted by Crippen LogP contribution is 2.14. The minimum absolute atomic E-state index is 0.228. The van der Waals surface area contributed by atoms with Crippen molar-refractivity contribution in [3.8, 4) is 0 Å². The average molecular weight is 266 g/mol. The minimum Gasteiger partial charge on any atom is -0.368 e. The molecule has 5 nitrogen and oxygen atoms in total. The molecule has 0 saturated carbocycles. The van der Waals surface area contributed by atoms with Gasteiger partial charge in [0, 0.05) is 18.3 Å². The highest BCUT2D eigenvalue weighted by molar-refractivity contribution is 5.84. The molecular formula is C14H26N4O. The van der Waals surface area contributed by atoms with Gasteiger partial charge in [0.2, 0.25) is 5.91 Å². The first kappa shape index (κ1) is 15.7. The Bertz CT molecular complexity index is 439. The number of nitrogens with two attached hydrogens (primary N) is 1. The number of rotatable bonds is 7. The van der Waals surface area contributed by atoms with Gasteiger partial charge in [-0.15, -0.1) is 0 Å². The van der Waals surface area contributed by atoms with E-state index < -0.39 is 5.54 Å². The number of aromatic nitrogens is 2. The van der Waals surface area contributed by atoms with Crippen LogP contribution < -0.4 is 11.1 Å². The van der Waals surface area contributed by atoms with Crippen LogP contribution in [0.3, 0.4) is 0 Å². The predicted molar refractivity (Wildman–Crippen MR) is 76.8 cm³/mol. The Morgan fingerprint density at radius 2 is 2.16 bits per heavy atom. The maximum absolute atomic E-state index is 11.6. The molecule has 0 radical (unpaired) electrons. The summed E-state index contributed by atoms with van der Waals surface area (Å²) >= 11 is 0. The zero-order chi connectivity index (χ0) is 14.6. The number of primary amides is 1. The molecule has 0 aromatic carbocycles. The van der Waals surface area contributed by atoms with Gasteiger partial charge >= 0.3 is 0 Å². The van der Waals surface area contributed by atoms with E-state index in [4.69, 9.17) is 5.73 Å². The molecule has 19 heavy (non-hydrogen) atoms. The highest BCUT2D eigenvalue weighted by Gasteiger charge is 2.30. The molecule has 0 bridgehead atoms. The lowest BCUT2D eigenvalue weighted by Gasteiger charge is -2.29. The Morgan fingerprint density at radius 1 is 1.53 bits per heavy atom. The summed E-state index contributed by atoms with van der Waals surface area (Å²) in [7, 11) is 0. The number of aryl methyl sites for hydroxylation is 3. The second-order valence-electron chi connectivity index (χ2n) is 5.75. The van der Waals surface area contributed by atoms with Crippen molar-refractivity contribution in [2.45, 2.75) is 65.6 Å². The third-order valence-corrected chi connectivity index (χ3v) is 3.30. The lowest BCUT2D eigenvalue weighted by molar-refractivity contribution is -0.124. The third kappa shape index (κ3) is 4.35. The molecule has 0 aliphatic carbocycles. The number of nitrogens with one attached hydrogen (secondary N) is 1. The van der Waals surface area contributed by atoms with Gasteiger partial charge in [-0.25, -0.2) is 0 Å². The van der Waals surface area contributed by atoms with E-state index in [1.165, 1.54) is 0 Å². The monoisotopic (exact) mass is 266 g/mol. The average Bonchev–Trinajstić information content (AvgIpc) is 2.56. The van der Waals surface area contributed by atoms with Gasteiger partial charge in [0.25, 0.3) is 0 Å². The van der Waals surface area contributed by atoms with Crippen LogP contribution >= 0.6 is 0 Å². The van der Waals surface area contributed by atoms with E-state index >= 15 is 0 Å². The quantitative estimate of drug-likeness (QED) is 0.786. The molecule has 0 fully saturated rings. The zero-order valence-electron chi connectivity index (χ0n) is 12.7. The molecule has 108 valence electrons. The van der Waals surface area contributed by atoms with E-state index in [-0.39, 0.29) is 11.9 Å². The fourth-order valence-corrected chi connectivity index (χ4v) is 2.39. The van der Waals surface area contributed by atoms with Crippen LogP contribution in [-0.4, -0.2) is 27.3 Å². The van der Waals surface area contributed by atoms with Gasteiger partial charge in [-0.3, -0.25) is 9.48 Å². The van der Waals surface area contributed by atoms with Crippen LogP contribution in [-0.2, 0) is 11.3 Å². The van der Waals surface area contributed by atoms with Crippen LogP contribution in [0.2, 0.25) is 0 Å². The lowest BCUT2D eigenvalue weighted by Crippen LogP contribution is -2.55. The normalized spacial score (nSPS) is 14.6. The fraction of sp³-hybridized carbons (Fsp3) is 0.714. The number of hydrogen-bond donors (Lipinski definition) is 2. The van der Waals surface area contributed by atoms with Crippen molar-refractivity contribution in [1.29, 1.82) is 0 Å². The van der Waals surface area contributed by atoms with E-state index in [0.717, 1.165) is 24.4 Å². The number of hydrogen-bond acceptors (Lipinski definition) is 3. The van der Waals surface area contributed by atoms with Gasteiger partial charge in [-0.1, -0.05) is 0 Å². The Hall–Kier alpha value is -1.36. The molecule has 1 atom stereocenters. The summed E-state index contributed by atoms with van der Waals surface area (Å²) in [5.41, 5.74) is 7.03. The summed E-state index contributed by atoms with van der Waals surface area (Å²) in [5, 5.41) is 7.67. The topological polar surface area (TPSA) is 72.9 Å². The number of amides is 1. The van der Waals surface area contributed by atoms with E-state index in [1.54, 1.807) is 0 Å². The van der Waals surface area contributed by atoms with Crippen LogP contribution in [0.5, 0.6) is 0 Å². The van der Waals surface area contributed by atoms with Crippen molar-refractivity contribution in [3.63, 3.8) is 0 Å². The first-order chi connectivity index (χ1) is 8.74. The van der Waals surface area contributed by atoms with Crippen molar-refractivity contribution in [1.82, 2.24) is 15.1 Å². The van der Waals surface area contributed by atoms with Gasteiger partial charge in [-0.2, -0.15) is 5.10 Å². The first-order valence-corrected chi connectivity index (χ1v) is 6.83. The Kier molecular flexibility index (Phi) is 5.11. The number of carbonyl (C=O) groups excluding carboxylic acids is 1. The van der Waals surface area contributed by atoms with Crippen LogP contribution in [0.15, 0.2) is 6.07 Å². The van der Waals surface area contributed by atoms with E-state index in [2.05, 4.69) is 16.5 Å². The van der Waals surface area contributed by atoms with Gasteiger partial charge in [0.1, 0.15) is 0 Å². The van der Waals surface area contributed by atoms with E-state index in [1.807, 2.05) is 39.3 Å². The van der Waals surface area contributed by atoms with Gasteiger partial charge in [0.05, 0.1) is 11.2 Å². The Morgan fingerprint density at radius 3 is 2.58 bits per heavy atom. The smallest absolute Gasteiger partial charge is 0.237 e. The molecule has 0 spiro atoms. The molecule has 5 heteroatoms. The molecule has 1 amide bonds. The summed E-state index contributed by atoms with van der Waals surface area (Å²) in [6.07, 6.45) is 1.57. The van der Waals surface area contributed by atoms with Crippen molar-refractivity contribution < 1.29 is 4.79 Å². The van der Waals surface area contributed by atoms with Gasteiger partial charge in [-0.05, 0) is 53.5 Å². The Balaban J connectivity index is 2.58. The summed E-state index contributed by atoms with van der Waals surface area (Å²) in [5.74, 6) is -0.297. The standard InChI is InChI=1S/C14H26N4O/c1-10(2)16-14(5,13(15)19)7-6-8-18-12(4)9-11(3)17-18/h9-10,16H,6-8H2,1-5H3,(H2,15,19). The number of carbonyl (C=O) groups is 1. The molecule has 1 aromatic rings.